The molecule has 734 valence electrons. The van der Waals surface area contributed by atoms with Crippen LogP contribution in [0.1, 0.15) is 184 Å². The van der Waals surface area contributed by atoms with Gasteiger partial charge in [-0.1, -0.05) is 0 Å². The molecular formula is C79H94I9N9O36. The first-order chi connectivity index (χ1) is 62.3. The van der Waals surface area contributed by atoms with Gasteiger partial charge in [0.25, 0.3) is 35.4 Å². The van der Waals surface area contributed by atoms with Crippen LogP contribution in [0.4, 0.5) is 31.4 Å². The Morgan fingerprint density at radius 2 is 0.368 bits per heavy atom. The number of hydrogen-bond acceptors (Lipinski definition) is 36. The summed E-state index contributed by atoms with van der Waals surface area (Å²) in [5, 5.41) is 23.5. The zero-order valence-corrected chi connectivity index (χ0v) is 92.4. The molecule has 9 N–H and O–H groups in total. The topological polar surface area (TPSA) is 605 Å². The summed E-state index contributed by atoms with van der Waals surface area (Å²) in [4.78, 5) is 271. The molecule has 0 heterocycles. The van der Waals surface area contributed by atoms with Crippen LogP contribution in [0.3, 0.4) is 0 Å². The monoisotopic (exact) mass is 2890 g/mol. The zero-order chi connectivity index (χ0) is 100. The molecule has 0 aliphatic carbocycles. The number of benzene rings is 3. The molecule has 45 nitrogen and oxygen atoms in total. The molecule has 0 saturated heterocycles. The molecule has 6 unspecified atom stereocenters. The van der Waals surface area contributed by atoms with Gasteiger partial charge in [-0.2, -0.15) is 0 Å². The highest BCUT2D eigenvalue weighted by atomic mass is 127. The Morgan fingerprint density at radius 1 is 0.218 bits per heavy atom. The average molecular weight is 2890 g/mol. The van der Waals surface area contributed by atoms with E-state index in [-0.39, 0.29) is 141 Å². The molecule has 9 amide bonds. The van der Waals surface area contributed by atoms with Crippen molar-refractivity contribution in [3.63, 3.8) is 0 Å². The summed E-state index contributed by atoms with van der Waals surface area (Å²) in [6.45, 7) is 6.90. The van der Waals surface area contributed by atoms with Crippen LogP contribution in [0.5, 0.6) is 0 Å². The summed E-state index contributed by atoms with van der Waals surface area (Å²) in [6, 6.07) is 0. The lowest BCUT2D eigenvalue weighted by Crippen LogP contribution is -2.40. The maximum atomic E-state index is 14.3. The van der Waals surface area contributed by atoms with Crippen LogP contribution in [0.25, 0.3) is 0 Å². The molecule has 133 heavy (non-hydrogen) atoms. The number of halogens is 9. The average Bonchev–Trinajstić information content (AvgIpc) is 0.775. The first kappa shape index (κ1) is 120. The van der Waals surface area contributed by atoms with Crippen LogP contribution < -0.4 is 47.9 Å². The van der Waals surface area contributed by atoms with Gasteiger partial charge >= 0.3 is 89.9 Å². The van der Waals surface area contributed by atoms with E-state index < -0.39 is 247 Å². The number of ether oxygens (including phenoxy) is 15. The predicted octanol–water partition coefficient (Wildman–Crippen LogP) is 8.48. The number of amides is 9. The molecular weight excluding hydrogens is 2790 g/mol. The quantitative estimate of drug-likeness (QED) is 0.0111. The smallest absolute Gasteiger partial charge is 0.411 e. The second kappa shape index (κ2) is 61.7. The molecule has 3 aromatic carbocycles. The van der Waals surface area contributed by atoms with Gasteiger partial charge in [-0.3, -0.25) is 102 Å². The van der Waals surface area contributed by atoms with E-state index in [1.807, 2.05) is 0 Å². The van der Waals surface area contributed by atoms with Crippen LogP contribution in [0.15, 0.2) is 0 Å². The van der Waals surface area contributed by atoms with Crippen molar-refractivity contribution >= 4 is 346 Å². The lowest BCUT2D eigenvalue weighted by molar-refractivity contribution is -0.155. The third-order valence-corrected chi connectivity index (χ3v) is 26.4. The summed E-state index contributed by atoms with van der Waals surface area (Å²) in [6.07, 6.45) is -9.48. The van der Waals surface area contributed by atoms with Crippen LogP contribution in [-0.2, 0) is 129 Å². The molecule has 0 aliphatic heterocycles. The van der Waals surface area contributed by atoms with E-state index in [4.69, 9.17) is 71.1 Å². The number of esters is 12. The van der Waals surface area contributed by atoms with Gasteiger partial charge in [-0.05, 0) is 248 Å². The van der Waals surface area contributed by atoms with Gasteiger partial charge in [0, 0.05) is 93.8 Å². The molecule has 0 fully saturated rings. The van der Waals surface area contributed by atoms with Gasteiger partial charge in [0.05, 0.1) is 131 Å². The van der Waals surface area contributed by atoms with Crippen molar-refractivity contribution in [2.75, 3.05) is 115 Å². The van der Waals surface area contributed by atoms with E-state index in [1.165, 1.54) is 0 Å². The van der Waals surface area contributed by atoms with E-state index >= 15 is 0 Å². The van der Waals surface area contributed by atoms with E-state index in [2.05, 4.69) is 47.9 Å². The summed E-state index contributed by atoms with van der Waals surface area (Å²) in [7, 11) is 0. The molecule has 0 spiro atoms. The second-order valence-electron chi connectivity index (χ2n) is 27.7. The predicted molar refractivity (Wildman–Crippen MR) is 537 cm³/mol. The third kappa shape index (κ3) is 44.2. The highest BCUT2D eigenvalue weighted by Gasteiger charge is 2.36. The third-order valence-electron chi connectivity index (χ3n) is 16.7. The van der Waals surface area contributed by atoms with Gasteiger partial charge in [-0.25, -0.2) is 14.4 Å². The summed E-state index contributed by atoms with van der Waals surface area (Å²) in [5.74, 6) is -14.7. The SMILES string of the molecule is CC(=O)OCC(CNC(=O)c1c(I)c(NC(=O)OCCCC(CCCOC(=O)Nc2c(I)c(C(=O)NCC(COC(C)=O)OC(C)=O)c(I)c(C(=O)NCC(COC(C)=O)OC(C)=O)c2I)CCCOC(=O)Nc2c(I)c(C(=O)NCC(COC(C)=O)OC(C)=O)c(I)c(C(=O)NCC(COC(C)=O)OC(C)=O)c2I)c(I)c(C(=O)NCC(COC(C)=O)OC(C)=O)c1I)OC(C)=O. The number of hydrogen-bond donors (Lipinski definition) is 9. The summed E-state index contributed by atoms with van der Waals surface area (Å²) >= 11 is 15.8. The Kier molecular flexibility index (Phi) is 55.5. The molecule has 3 aromatic rings. The molecule has 0 radical (unpaired) electrons. The summed E-state index contributed by atoms with van der Waals surface area (Å²) in [5.41, 5.74) is -1.49. The fraction of sp³-hybridized carbons (Fsp3) is 0.506. The fourth-order valence-electron chi connectivity index (χ4n) is 11.2. The maximum Gasteiger partial charge on any atom is 0.411 e. The number of nitrogens with one attached hydrogen (secondary N) is 9. The molecule has 3 rings (SSSR count). The van der Waals surface area contributed by atoms with Gasteiger partial charge < -0.3 is 103 Å². The Labute approximate surface area is 883 Å². The first-order valence-electron chi connectivity index (χ1n) is 39.3. The van der Waals surface area contributed by atoms with Crippen molar-refractivity contribution in [1.82, 2.24) is 31.9 Å². The van der Waals surface area contributed by atoms with E-state index in [9.17, 15) is 101 Å². The maximum absolute atomic E-state index is 14.3. The fourth-order valence-corrected chi connectivity index (χ4v) is 24.5. The molecule has 6 atom stereocenters. The van der Waals surface area contributed by atoms with E-state index in [0.29, 0.717) is 0 Å². The lowest BCUT2D eigenvalue weighted by atomic mass is 9.93. The van der Waals surface area contributed by atoms with Crippen LogP contribution in [0.2, 0.25) is 0 Å². The Bertz CT molecular complexity index is 4140. The standard InChI is InChI=1S/C79H94I9N9O36/c1-34(98)122-28-47(128-40(7)104)22-89-71(110)53-59(80)54(72(111)90-23-48(129-41(8)105)29-123-35(2)99)63(84)68(62(53)83)95-77(116)119-19-13-16-46(17-14-20-120-78(117)96-69-64(85)55(73(112)91-24-49(130-42(9)106)30-124-36(3)100)60(81)56(65(69)86)74(113)92-25-50(131-43(10)107)31-125-37(4)101)18-15-21-121-79(118)97-70-66(87)57(75(114)93-26-51(132-44(11)108)32-126-38(5)102)61(82)58(67(70)88)76(115)94-27-52(133-45(12)109)33-127-39(6)103/h46-52H,13-33H2,1-12H3,(H,89,110)(H,90,111)(H,91,112)(H,92,113)(H,93,114)(H,94,115)(H,95,116)(H,96,117)(H,97,118). The molecule has 0 aromatic heterocycles. The largest absolute Gasteiger partial charge is 0.462 e. The van der Waals surface area contributed by atoms with Gasteiger partial charge in [0.2, 0.25) is 0 Å². The second-order valence-corrected chi connectivity index (χ2v) is 37.4. The van der Waals surface area contributed by atoms with Crippen molar-refractivity contribution in [3.05, 3.63) is 65.5 Å². The highest BCUT2D eigenvalue weighted by molar-refractivity contribution is 14.1. The minimum absolute atomic E-state index is 0.0203. The zero-order valence-electron chi connectivity index (χ0n) is 73.0. The molecule has 0 aliphatic rings. The first-order valence-corrected chi connectivity index (χ1v) is 49.0. The minimum Gasteiger partial charge on any atom is -0.462 e. The number of carbonyl (C=O) groups excluding carboxylic acids is 21. The molecule has 0 bridgehead atoms. The summed E-state index contributed by atoms with van der Waals surface area (Å²) < 4.78 is 79.3. The minimum atomic E-state index is -1.19. The van der Waals surface area contributed by atoms with Gasteiger partial charge in [0.15, 0.2) is 36.6 Å². The van der Waals surface area contributed by atoms with Crippen molar-refractivity contribution in [3.8, 4) is 0 Å². The van der Waals surface area contributed by atoms with Crippen LogP contribution >= 0.6 is 203 Å². The van der Waals surface area contributed by atoms with Crippen molar-refractivity contribution < 1.29 is 172 Å². The van der Waals surface area contributed by atoms with Gasteiger partial charge in [0.1, 0.15) is 39.6 Å². The number of anilines is 3. The van der Waals surface area contributed by atoms with E-state index in [0.717, 1.165) is 83.1 Å². The highest BCUT2D eigenvalue weighted by Crippen LogP contribution is 2.40. The van der Waals surface area contributed by atoms with Gasteiger partial charge in [-0.15, -0.1) is 0 Å². The van der Waals surface area contributed by atoms with Crippen LogP contribution in [-0.4, -0.2) is 261 Å². The van der Waals surface area contributed by atoms with Crippen LogP contribution in [0, 0.1) is 38.0 Å². The van der Waals surface area contributed by atoms with E-state index in [1.54, 1.807) is 203 Å². The molecule has 54 heteroatoms. The number of carbonyl (C=O) groups is 21. The van der Waals surface area contributed by atoms with Crippen molar-refractivity contribution in [2.45, 2.75) is 158 Å². The molecule has 0 saturated carbocycles. The normalized spacial score (nSPS) is 12.2. The Balaban J connectivity index is 2.18. The van der Waals surface area contributed by atoms with Crippen molar-refractivity contribution in [2.24, 2.45) is 5.92 Å². The number of rotatable bonds is 51. The van der Waals surface area contributed by atoms with Crippen molar-refractivity contribution in [1.29, 1.82) is 0 Å². The Hall–Kier alpha value is -7.50. The Morgan fingerprint density at radius 3 is 0.504 bits per heavy atom. The lowest BCUT2D eigenvalue weighted by Gasteiger charge is -2.22.